The zero-order valence-electron chi connectivity index (χ0n) is 12.1. The maximum Gasteiger partial charge on any atom is 0.255 e. The second kappa shape index (κ2) is 6.34. The van der Waals surface area contributed by atoms with Crippen LogP contribution in [0.3, 0.4) is 0 Å². The summed E-state index contributed by atoms with van der Waals surface area (Å²) in [5, 5.41) is 0. The fourth-order valence-electron chi connectivity index (χ4n) is 2.46. The molecule has 1 aliphatic rings. The highest BCUT2D eigenvalue weighted by Crippen LogP contribution is 2.11. The molecule has 6 heteroatoms. The van der Waals surface area contributed by atoms with E-state index < -0.39 is 0 Å². The maximum atomic E-state index is 12.3. The van der Waals surface area contributed by atoms with Crippen LogP contribution in [0.25, 0.3) is 0 Å². The molecular weight excluding hydrogens is 280 g/mol. The van der Waals surface area contributed by atoms with E-state index in [0.717, 1.165) is 0 Å². The molecule has 0 aromatic carbocycles. The van der Waals surface area contributed by atoms with Gasteiger partial charge in [0.05, 0.1) is 5.56 Å². The minimum absolute atomic E-state index is 0.0177. The summed E-state index contributed by atoms with van der Waals surface area (Å²) in [6.45, 7) is 2.13. The Morgan fingerprint density at radius 2 is 1.36 bits per heavy atom. The third kappa shape index (κ3) is 2.95. The Labute approximate surface area is 128 Å². The van der Waals surface area contributed by atoms with E-state index in [9.17, 15) is 9.59 Å². The molecule has 1 aliphatic heterocycles. The van der Waals surface area contributed by atoms with Crippen LogP contribution in [0.4, 0.5) is 0 Å². The minimum Gasteiger partial charge on any atom is -0.335 e. The van der Waals surface area contributed by atoms with E-state index in [1.165, 1.54) is 0 Å². The Balaban J connectivity index is 1.61. The second-order valence-corrected chi connectivity index (χ2v) is 5.06. The number of carbonyl (C=O) groups is 2. The molecule has 3 heterocycles. The molecule has 0 bridgehead atoms. The van der Waals surface area contributed by atoms with Gasteiger partial charge in [0.15, 0.2) is 0 Å². The SMILES string of the molecule is O=C(c1ccncc1)N1CCN(C(=O)c2cccnc2)CC1. The third-order valence-electron chi connectivity index (χ3n) is 3.69. The first-order valence-corrected chi connectivity index (χ1v) is 7.14. The molecule has 0 N–H and O–H groups in total. The molecule has 2 amide bonds. The van der Waals surface area contributed by atoms with E-state index in [4.69, 9.17) is 0 Å². The van der Waals surface area contributed by atoms with Crippen LogP contribution in [0.5, 0.6) is 0 Å². The first-order valence-electron chi connectivity index (χ1n) is 7.14. The number of carbonyl (C=O) groups excluding carboxylic acids is 2. The Morgan fingerprint density at radius 3 is 1.91 bits per heavy atom. The molecule has 2 aromatic rings. The van der Waals surface area contributed by atoms with Crippen molar-refractivity contribution in [3.8, 4) is 0 Å². The van der Waals surface area contributed by atoms with Crippen molar-refractivity contribution in [2.75, 3.05) is 26.2 Å². The van der Waals surface area contributed by atoms with Crippen LogP contribution in [-0.2, 0) is 0 Å². The van der Waals surface area contributed by atoms with Crippen molar-refractivity contribution in [2.45, 2.75) is 0 Å². The Bertz CT molecular complexity index is 593. The zero-order valence-corrected chi connectivity index (χ0v) is 12.1. The number of rotatable bonds is 2. The van der Waals surface area contributed by atoms with Crippen molar-refractivity contribution in [1.82, 2.24) is 19.8 Å². The highest BCUT2D eigenvalue weighted by Gasteiger charge is 2.25. The van der Waals surface area contributed by atoms with Gasteiger partial charge in [-0.05, 0) is 24.3 Å². The first-order chi connectivity index (χ1) is 10.8. The number of hydrogen-bond donors (Lipinski definition) is 0. The van der Waals surface area contributed by atoms with E-state index in [2.05, 4.69) is 9.97 Å². The average molecular weight is 296 g/mol. The number of aromatic nitrogens is 2. The van der Waals surface area contributed by atoms with Crippen LogP contribution >= 0.6 is 0 Å². The fourth-order valence-corrected chi connectivity index (χ4v) is 2.46. The van der Waals surface area contributed by atoms with Crippen LogP contribution in [-0.4, -0.2) is 57.8 Å². The third-order valence-corrected chi connectivity index (χ3v) is 3.69. The quantitative estimate of drug-likeness (QED) is 0.831. The highest BCUT2D eigenvalue weighted by atomic mass is 16.2. The summed E-state index contributed by atoms with van der Waals surface area (Å²) < 4.78 is 0. The molecule has 1 fully saturated rings. The molecule has 0 aliphatic carbocycles. The van der Waals surface area contributed by atoms with Gasteiger partial charge in [0.25, 0.3) is 11.8 Å². The molecule has 3 rings (SSSR count). The van der Waals surface area contributed by atoms with Crippen molar-refractivity contribution in [3.63, 3.8) is 0 Å². The van der Waals surface area contributed by atoms with Gasteiger partial charge in [0, 0.05) is 56.5 Å². The van der Waals surface area contributed by atoms with E-state index in [1.54, 1.807) is 58.9 Å². The largest absolute Gasteiger partial charge is 0.335 e. The lowest BCUT2D eigenvalue weighted by atomic mass is 10.2. The second-order valence-electron chi connectivity index (χ2n) is 5.06. The predicted octanol–water partition coefficient (Wildman–Crippen LogP) is 1.07. The fraction of sp³-hybridized carbons (Fsp3) is 0.250. The molecule has 0 spiro atoms. The van der Waals surface area contributed by atoms with E-state index >= 15 is 0 Å². The topological polar surface area (TPSA) is 66.4 Å². The first kappa shape index (κ1) is 14.2. The van der Waals surface area contributed by atoms with Crippen LogP contribution in [0, 0.1) is 0 Å². The molecule has 0 unspecified atom stereocenters. The smallest absolute Gasteiger partial charge is 0.255 e. The summed E-state index contributed by atoms with van der Waals surface area (Å²) in [4.78, 5) is 36.1. The van der Waals surface area contributed by atoms with Gasteiger partial charge >= 0.3 is 0 Å². The molecule has 22 heavy (non-hydrogen) atoms. The van der Waals surface area contributed by atoms with Gasteiger partial charge in [-0.25, -0.2) is 0 Å². The van der Waals surface area contributed by atoms with Crippen LogP contribution < -0.4 is 0 Å². The van der Waals surface area contributed by atoms with Gasteiger partial charge in [-0.1, -0.05) is 0 Å². The van der Waals surface area contributed by atoms with Gasteiger partial charge in [0.1, 0.15) is 0 Å². The normalized spacial score (nSPS) is 14.7. The summed E-state index contributed by atoms with van der Waals surface area (Å²) in [5.74, 6) is -0.0556. The molecule has 2 aromatic heterocycles. The predicted molar refractivity (Wildman–Crippen MR) is 80.3 cm³/mol. The lowest BCUT2D eigenvalue weighted by Gasteiger charge is -2.34. The molecule has 6 nitrogen and oxygen atoms in total. The Hall–Kier alpha value is -2.76. The van der Waals surface area contributed by atoms with Crippen molar-refractivity contribution in [3.05, 3.63) is 60.2 Å². The number of nitrogens with zero attached hydrogens (tertiary/aromatic N) is 4. The monoisotopic (exact) mass is 296 g/mol. The zero-order chi connectivity index (χ0) is 15.4. The minimum atomic E-state index is -0.0379. The van der Waals surface area contributed by atoms with Crippen LogP contribution in [0.15, 0.2) is 49.1 Å². The van der Waals surface area contributed by atoms with Gasteiger partial charge in [-0.15, -0.1) is 0 Å². The molecule has 0 radical (unpaired) electrons. The van der Waals surface area contributed by atoms with Gasteiger partial charge in [0.2, 0.25) is 0 Å². The van der Waals surface area contributed by atoms with Crippen molar-refractivity contribution >= 4 is 11.8 Å². The number of hydrogen-bond acceptors (Lipinski definition) is 4. The number of piperazine rings is 1. The highest BCUT2D eigenvalue weighted by molar-refractivity contribution is 5.95. The molecular formula is C16H16N4O2. The average Bonchev–Trinajstić information content (AvgIpc) is 2.62. The van der Waals surface area contributed by atoms with Gasteiger partial charge in [-0.2, -0.15) is 0 Å². The summed E-state index contributed by atoms with van der Waals surface area (Å²) in [6.07, 6.45) is 6.42. The summed E-state index contributed by atoms with van der Waals surface area (Å²) in [6, 6.07) is 6.91. The van der Waals surface area contributed by atoms with Crippen molar-refractivity contribution in [1.29, 1.82) is 0 Å². The lowest BCUT2D eigenvalue weighted by Crippen LogP contribution is -2.50. The summed E-state index contributed by atoms with van der Waals surface area (Å²) >= 11 is 0. The van der Waals surface area contributed by atoms with Gasteiger partial charge < -0.3 is 9.80 Å². The van der Waals surface area contributed by atoms with E-state index in [-0.39, 0.29) is 11.8 Å². The lowest BCUT2D eigenvalue weighted by molar-refractivity contribution is 0.0535. The Morgan fingerprint density at radius 1 is 0.773 bits per heavy atom. The maximum absolute atomic E-state index is 12.3. The van der Waals surface area contributed by atoms with Gasteiger partial charge in [-0.3, -0.25) is 19.6 Å². The Kier molecular flexibility index (Phi) is 4.09. The van der Waals surface area contributed by atoms with Crippen molar-refractivity contribution < 1.29 is 9.59 Å². The number of amides is 2. The number of pyridine rings is 2. The molecule has 0 saturated carbocycles. The molecule has 0 atom stereocenters. The van der Waals surface area contributed by atoms with Crippen LogP contribution in [0.2, 0.25) is 0 Å². The molecule has 1 saturated heterocycles. The van der Waals surface area contributed by atoms with E-state index in [0.29, 0.717) is 37.3 Å². The molecule has 112 valence electrons. The standard InChI is InChI=1S/C16H16N4O2/c21-15(13-3-6-17-7-4-13)19-8-10-20(11-9-19)16(22)14-2-1-5-18-12-14/h1-7,12H,8-11H2. The van der Waals surface area contributed by atoms with E-state index in [1.807, 2.05) is 0 Å². The summed E-state index contributed by atoms with van der Waals surface area (Å²) in [7, 11) is 0. The van der Waals surface area contributed by atoms with Crippen LogP contribution in [0.1, 0.15) is 20.7 Å². The van der Waals surface area contributed by atoms with Crippen molar-refractivity contribution in [2.24, 2.45) is 0 Å². The summed E-state index contributed by atoms with van der Waals surface area (Å²) in [5.41, 5.74) is 1.21.